The molecular weight excluding hydrogens is 399 g/mol. The highest BCUT2D eigenvalue weighted by atomic mass is 35.5. The van der Waals surface area contributed by atoms with E-state index in [0.717, 1.165) is 0 Å². The number of benzene rings is 2. The topological polar surface area (TPSA) is 88.5 Å². The van der Waals surface area contributed by atoms with Crippen LogP contribution in [-0.4, -0.2) is 22.0 Å². The van der Waals surface area contributed by atoms with Crippen LogP contribution in [0.2, 0.25) is 5.02 Å². The maximum absolute atomic E-state index is 13.3. The van der Waals surface area contributed by atoms with E-state index in [4.69, 9.17) is 21.4 Å². The molecule has 0 spiro atoms. The van der Waals surface area contributed by atoms with Gasteiger partial charge in [-0.15, -0.1) is 0 Å². The third-order valence-corrected chi connectivity index (χ3v) is 4.51. The lowest BCUT2D eigenvalue weighted by Crippen LogP contribution is -2.14. The number of aryl methyl sites for hydroxylation is 2. The standard InChI is InChI=1S/C21H16ClFN2O4/c1-11-8-15(20(26)25-14-4-5-17(21(27)28)24-10-14)19(9-16(11)22)29-18-6-3-13(23)7-12(18)2/h3-10H,1-2H3,(H,25,26)(H,27,28). The number of aromatic carboxylic acids is 1. The Morgan fingerprint density at radius 1 is 1.07 bits per heavy atom. The van der Waals surface area contributed by atoms with Crippen molar-refractivity contribution >= 4 is 29.2 Å². The molecule has 0 radical (unpaired) electrons. The van der Waals surface area contributed by atoms with E-state index in [-0.39, 0.29) is 17.0 Å². The van der Waals surface area contributed by atoms with Crippen LogP contribution in [0.3, 0.4) is 0 Å². The molecule has 0 saturated carbocycles. The van der Waals surface area contributed by atoms with Crippen molar-refractivity contribution in [3.8, 4) is 11.5 Å². The fourth-order valence-corrected chi connectivity index (χ4v) is 2.72. The summed E-state index contributed by atoms with van der Waals surface area (Å²) in [6.07, 6.45) is 1.24. The number of aromatic nitrogens is 1. The smallest absolute Gasteiger partial charge is 0.354 e. The lowest BCUT2D eigenvalue weighted by atomic mass is 10.1. The summed E-state index contributed by atoms with van der Waals surface area (Å²) >= 11 is 6.19. The number of carboxylic acid groups (broad SMARTS) is 1. The second-order valence-corrected chi connectivity index (χ2v) is 6.71. The molecule has 0 fully saturated rings. The normalized spacial score (nSPS) is 10.5. The Labute approximate surface area is 170 Å². The Balaban J connectivity index is 1.92. The Morgan fingerprint density at radius 3 is 2.45 bits per heavy atom. The first-order valence-corrected chi connectivity index (χ1v) is 8.87. The zero-order valence-corrected chi connectivity index (χ0v) is 16.2. The van der Waals surface area contributed by atoms with Crippen LogP contribution in [0, 0.1) is 19.7 Å². The quantitative estimate of drug-likeness (QED) is 0.596. The van der Waals surface area contributed by atoms with E-state index >= 15 is 0 Å². The zero-order chi connectivity index (χ0) is 21.1. The molecule has 0 unspecified atom stereocenters. The third kappa shape index (κ3) is 4.70. The second kappa shape index (κ2) is 8.28. The van der Waals surface area contributed by atoms with Gasteiger partial charge in [0.05, 0.1) is 17.4 Å². The van der Waals surface area contributed by atoms with Crippen LogP contribution in [-0.2, 0) is 0 Å². The van der Waals surface area contributed by atoms with Crippen molar-refractivity contribution in [2.24, 2.45) is 0 Å². The molecule has 8 heteroatoms. The summed E-state index contributed by atoms with van der Waals surface area (Å²) in [6.45, 7) is 3.43. The number of hydrogen-bond acceptors (Lipinski definition) is 4. The molecule has 2 aromatic carbocycles. The lowest BCUT2D eigenvalue weighted by Gasteiger charge is -2.15. The van der Waals surface area contributed by atoms with Gasteiger partial charge in [-0.1, -0.05) is 11.6 Å². The highest BCUT2D eigenvalue weighted by Crippen LogP contribution is 2.33. The number of nitrogens with one attached hydrogen (secondary N) is 1. The van der Waals surface area contributed by atoms with Crippen molar-refractivity contribution < 1.29 is 23.8 Å². The van der Waals surface area contributed by atoms with E-state index in [1.807, 2.05) is 0 Å². The molecule has 148 valence electrons. The van der Waals surface area contributed by atoms with Gasteiger partial charge in [0.25, 0.3) is 5.91 Å². The molecular formula is C21H16ClFN2O4. The average Bonchev–Trinajstić information content (AvgIpc) is 2.67. The summed E-state index contributed by atoms with van der Waals surface area (Å²) in [5.41, 5.74) is 1.61. The summed E-state index contributed by atoms with van der Waals surface area (Å²) < 4.78 is 19.2. The van der Waals surface area contributed by atoms with E-state index in [2.05, 4.69) is 10.3 Å². The van der Waals surface area contributed by atoms with Gasteiger partial charge in [-0.25, -0.2) is 14.2 Å². The minimum Gasteiger partial charge on any atom is -0.477 e. The average molecular weight is 415 g/mol. The Hall–Kier alpha value is -3.45. The van der Waals surface area contributed by atoms with Crippen LogP contribution in [0.15, 0.2) is 48.7 Å². The van der Waals surface area contributed by atoms with Crippen molar-refractivity contribution in [3.05, 3.63) is 81.9 Å². The minimum absolute atomic E-state index is 0.138. The predicted molar refractivity (Wildman–Crippen MR) is 107 cm³/mol. The number of rotatable bonds is 5. The molecule has 1 heterocycles. The number of hydrogen-bond donors (Lipinski definition) is 2. The first kappa shape index (κ1) is 20.3. The number of halogens is 2. The van der Waals surface area contributed by atoms with Gasteiger partial charge in [-0.3, -0.25) is 4.79 Å². The molecule has 29 heavy (non-hydrogen) atoms. The zero-order valence-electron chi connectivity index (χ0n) is 15.5. The number of anilines is 1. The maximum atomic E-state index is 13.3. The number of carboxylic acids is 1. The van der Waals surface area contributed by atoms with Crippen molar-refractivity contribution in [3.63, 3.8) is 0 Å². The predicted octanol–water partition coefficient (Wildman–Crippen LogP) is 5.23. The van der Waals surface area contributed by atoms with Gasteiger partial charge in [0.1, 0.15) is 23.0 Å². The highest BCUT2D eigenvalue weighted by molar-refractivity contribution is 6.31. The number of ether oxygens (including phenoxy) is 1. The SMILES string of the molecule is Cc1cc(C(=O)Nc2ccc(C(=O)O)nc2)c(Oc2ccc(F)cc2C)cc1Cl. The Bertz CT molecular complexity index is 1100. The molecule has 1 aromatic heterocycles. The summed E-state index contributed by atoms with van der Waals surface area (Å²) in [5, 5.41) is 12.0. The van der Waals surface area contributed by atoms with Crippen molar-refractivity contribution in [2.75, 3.05) is 5.32 Å². The molecule has 0 aliphatic rings. The number of nitrogens with zero attached hydrogens (tertiary/aromatic N) is 1. The lowest BCUT2D eigenvalue weighted by molar-refractivity contribution is 0.0690. The molecule has 0 atom stereocenters. The molecule has 2 N–H and O–H groups in total. The Kier molecular flexibility index (Phi) is 5.79. The van der Waals surface area contributed by atoms with Crippen LogP contribution in [0.5, 0.6) is 11.5 Å². The van der Waals surface area contributed by atoms with Crippen LogP contribution in [0.25, 0.3) is 0 Å². The fourth-order valence-electron chi connectivity index (χ4n) is 2.56. The molecule has 0 aliphatic heterocycles. The van der Waals surface area contributed by atoms with Gasteiger partial charge in [-0.05, 0) is 61.4 Å². The molecule has 6 nitrogen and oxygen atoms in total. The minimum atomic E-state index is -1.17. The number of amides is 1. The van der Waals surface area contributed by atoms with Crippen molar-refractivity contribution in [1.82, 2.24) is 4.98 Å². The number of carbonyl (C=O) groups is 2. The van der Waals surface area contributed by atoms with E-state index in [9.17, 15) is 14.0 Å². The molecule has 0 bridgehead atoms. The van der Waals surface area contributed by atoms with Gasteiger partial charge < -0.3 is 15.2 Å². The first-order chi connectivity index (χ1) is 13.7. The monoisotopic (exact) mass is 414 g/mol. The van der Waals surface area contributed by atoms with Crippen LogP contribution in [0.4, 0.5) is 10.1 Å². The number of pyridine rings is 1. The van der Waals surface area contributed by atoms with Crippen molar-refractivity contribution in [1.29, 1.82) is 0 Å². The maximum Gasteiger partial charge on any atom is 0.354 e. The van der Waals surface area contributed by atoms with E-state index in [1.165, 1.54) is 42.6 Å². The van der Waals surface area contributed by atoms with Crippen LogP contribution < -0.4 is 10.1 Å². The van der Waals surface area contributed by atoms with Gasteiger partial charge in [-0.2, -0.15) is 0 Å². The molecule has 3 rings (SSSR count). The molecule has 0 saturated heterocycles. The van der Waals surface area contributed by atoms with Crippen LogP contribution in [0.1, 0.15) is 32.0 Å². The molecule has 0 aliphatic carbocycles. The summed E-state index contributed by atoms with van der Waals surface area (Å²) in [7, 11) is 0. The van der Waals surface area contributed by atoms with Crippen molar-refractivity contribution in [2.45, 2.75) is 13.8 Å². The summed E-state index contributed by atoms with van der Waals surface area (Å²) in [5.74, 6) is -1.48. The van der Waals surface area contributed by atoms with E-state index in [0.29, 0.717) is 27.6 Å². The van der Waals surface area contributed by atoms with Crippen LogP contribution >= 0.6 is 11.6 Å². The van der Waals surface area contributed by atoms with Gasteiger partial charge in [0, 0.05) is 11.1 Å². The first-order valence-electron chi connectivity index (χ1n) is 8.49. The van der Waals surface area contributed by atoms with Gasteiger partial charge >= 0.3 is 5.97 Å². The van der Waals surface area contributed by atoms with E-state index < -0.39 is 17.7 Å². The Morgan fingerprint density at radius 2 is 1.83 bits per heavy atom. The summed E-state index contributed by atoms with van der Waals surface area (Å²) in [6, 6.07) is 9.85. The van der Waals surface area contributed by atoms with Gasteiger partial charge in [0.2, 0.25) is 0 Å². The largest absolute Gasteiger partial charge is 0.477 e. The third-order valence-electron chi connectivity index (χ3n) is 4.10. The van der Waals surface area contributed by atoms with E-state index in [1.54, 1.807) is 19.9 Å². The summed E-state index contributed by atoms with van der Waals surface area (Å²) in [4.78, 5) is 27.5. The molecule has 3 aromatic rings. The number of carbonyl (C=O) groups excluding carboxylic acids is 1. The second-order valence-electron chi connectivity index (χ2n) is 6.30. The fraction of sp³-hybridized carbons (Fsp3) is 0.0952. The molecule has 1 amide bonds. The highest BCUT2D eigenvalue weighted by Gasteiger charge is 2.17. The van der Waals surface area contributed by atoms with Gasteiger partial charge in [0.15, 0.2) is 0 Å².